The average Bonchev–Trinajstić information content (AvgIpc) is 2.80. The number of halogens is 1. The fraction of sp³-hybridized carbons (Fsp3) is 0.480. The summed E-state index contributed by atoms with van der Waals surface area (Å²) in [6, 6.07) is 17.1. The summed E-state index contributed by atoms with van der Waals surface area (Å²) < 4.78 is 6.54. The van der Waals surface area contributed by atoms with E-state index in [0.717, 1.165) is 69.8 Å². The van der Waals surface area contributed by atoms with Gasteiger partial charge in [0.2, 0.25) is 5.91 Å². The molecule has 0 radical (unpaired) electrons. The van der Waals surface area contributed by atoms with Gasteiger partial charge >= 0.3 is 0 Å². The molecular formula is C25H32BrN3O2. The third-order valence-corrected chi connectivity index (χ3v) is 6.77. The van der Waals surface area contributed by atoms with Crippen LogP contribution >= 0.6 is 15.9 Å². The smallest absolute Gasteiger partial charge is 0.223 e. The van der Waals surface area contributed by atoms with Crippen LogP contribution in [0.5, 0.6) is 0 Å². The van der Waals surface area contributed by atoms with E-state index < -0.39 is 0 Å². The molecule has 5 nitrogen and oxygen atoms in total. The third-order valence-electron chi connectivity index (χ3n) is 6.25. The largest absolute Gasteiger partial charge is 0.379 e. The molecule has 166 valence electrons. The van der Waals surface area contributed by atoms with Crippen molar-refractivity contribution in [3.05, 3.63) is 69.7 Å². The molecule has 0 atom stereocenters. The zero-order valence-corrected chi connectivity index (χ0v) is 19.6. The summed E-state index contributed by atoms with van der Waals surface area (Å²) in [5, 5.41) is 3.17. The normalized spacial score (nSPS) is 18.7. The molecule has 2 aliphatic rings. The Labute approximate surface area is 193 Å². The minimum atomic E-state index is 0.123. The van der Waals surface area contributed by atoms with Crippen LogP contribution in [0.2, 0.25) is 0 Å². The van der Waals surface area contributed by atoms with E-state index in [1.165, 1.54) is 16.7 Å². The molecule has 6 heteroatoms. The van der Waals surface area contributed by atoms with Gasteiger partial charge in [-0.2, -0.15) is 0 Å². The van der Waals surface area contributed by atoms with Gasteiger partial charge in [-0.25, -0.2) is 0 Å². The van der Waals surface area contributed by atoms with Gasteiger partial charge in [0.25, 0.3) is 0 Å². The van der Waals surface area contributed by atoms with E-state index in [-0.39, 0.29) is 11.8 Å². The summed E-state index contributed by atoms with van der Waals surface area (Å²) in [4.78, 5) is 17.6. The van der Waals surface area contributed by atoms with Gasteiger partial charge in [0, 0.05) is 43.1 Å². The van der Waals surface area contributed by atoms with Crippen molar-refractivity contribution in [2.45, 2.75) is 32.5 Å². The highest BCUT2D eigenvalue weighted by Crippen LogP contribution is 2.20. The summed E-state index contributed by atoms with van der Waals surface area (Å²) in [6.07, 6.45) is 1.86. The monoisotopic (exact) mass is 485 g/mol. The van der Waals surface area contributed by atoms with E-state index in [1.807, 2.05) is 0 Å². The first-order valence-electron chi connectivity index (χ1n) is 11.3. The lowest BCUT2D eigenvalue weighted by Gasteiger charge is -2.31. The number of benzene rings is 2. The van der Waals surface area contributed by atoms with E-state index in [2.05, 4.69) is 79.6 Å². The average molecular weight is 486 g/mol. The van der Waals surface area contributed by atoms with Gasteiger partial charge in [-0.3, -0.25) is 14.6 Å². The van der Waals surface area contributed by atoms with Crippen LogP contribution in [0.15, 0.2) is 53.0 Å². The number of carbonyl (C=O) groups is 1. The standard InChI is InChI=1S/C25H32BrN3O2/c26-24-6-4-20(5-7-24)18-28-10-8-23(9-11-28)25(30)27-17-21-2-1-3-22(16-21)19-29-12-14-31-15-13-29/h1-7,16,23H,8-15,17-19H2,(H,27,30). The molecule has 2 heterocycles. The molecule has 0 aromatic heterocycles. The Morgan fingerprint density at radius 1 is 0.903 bits per heavy atom. The van der Waals surface area contributed by atoms with E-state index in [9.17, 15) is 4.79 Å². The Bertz CT molecular complexity index is 844. The van der Waals surface area contributed by atoms with Crippen molar-refractivity contribution in [2.75, 3.05) is 39.4 Å². The Balaban J connectivity index is 1.20. The molecule has 0 aliphatic carbocycles. The summed E-state index contributed by atoms with van der Waals surface area (Å²) >= 11 is 3.49. The fourth-order valence-corrected chi connectivity index (χ4v) is 4.65. The number of nitrogens with one attached hydrogen (secondary N) is 1. The molecule has 4 rings (SSSR count). The first-order chi connectivity index (χ1) is 15.2. The maximum absolute atomic E-state index is 12.7. The zero-order valence-electron chi connectivity index (χ0n) is 18.1. The Morgan fingerprint density at radius 2 is 1.55 bits per heavy atom. The third kappa shape index (κ3) is 6.88. The summed E-state index contributed by atoms with van der Waals surface area (Å²) in [5.74, 6) is 0.319. The minimum Gasteiger partial charge on any atom is -0.379 e. The number of piperidine rings is 1. The van der Waals surface area contributed by atoms with Gasteiger partial charge < -0.3 is 10.1 Å². The molecule has 0 unspecified atom stereocenters. The Hall–Kier alpha value is -1.73. The van der Waals surface area contributed by atoms with Gasteiger partial charge in [0.15, 0.2) is 0 Å². The van der Waals surface area contributed by atoms with Crippen LogP contribution in [0.1, 0.15) is 29.5 Å². The second-order valence-corrected chi connectivity index (χ2v) is 9.52. The number of hydrogen-bond acceptors (Lipinski definition) is 4. The quantitative estimate of drug-likeness (QED) is 0.647. The van der Waals surface area contributed by atoms with Crippen molar-refractivity contribution < 1.29 is 9.53 Å². The van der Waals surface area contributed by atoms with Crippen LogP contribution in [-0.2, 0) is 29.2 Å². The molecule has 0 saturated carbocycles. The van der Waals surface area contributed by atoms with Crippen LogP contribution in [0.3, 0.4) is 0 Å². The highest BCUT2D eigenvalue weighted by Gasteiger charge is 2.24. The topological polar surface area (TPSA) is 44.8 Å². The van der Waals surface area contributed by atoms with Crippen molar-refractivity contribution in [1.29, 1.82) is 0 Å². The molecular weight excluding hydrogens is 454 g/mol. The van der Waals surface area contributed by atoms with Gasteiger partial charge in [0.05, 0.1) is 13.2 Å². The van der Waals surface area contributed by atoms with Crippen LogP contribution in [-0.4, -0.2) is 55.1 Å². The second-order valence-electron chi connectivity index (χ2n) is 8.60. The SMILES string of the molecule is O=C(NCc1cccc(CN2CCOCC2)c1)C1CCN(Cc2ccc(Br)cc2)CC1. The van der Waals surface area contributed by atoms with Crippen LogP contribution in [0.4, 0.5) is 0 Å². The minimum absolute atomic E-state index is 0.123. The zero-order chi connectivity index (χ0) is 21.5. The lowest BCUT2D eigenvalue weighted by atomic mass is 9.95. The number of ether oxygens (including phenoxy) is 1. The molecule has 2 aromatic carbocycles. The number of carbonyl (C=O) groups excluding carboxylic acids is 1. The molecule has 1 amide bonds. The number of amides is 1. The van der Waals surface area contributed by atoms with Crippen molar-refractivity contribution in [3.8, 4) is 0 Å². The molecule has 2 saturated heterocycles. The Kier molecular flexibility index (Phi) is 8.14. The predicted octanol–water partition coefficient (Wildman–Crippen LogP) is 3.81. The number of nitrogens with zero attached hydrogens (tertiary/aromatic N) is 2. The maximum atomic E-state index is 12.7. The first-order valence-corrected chi connectivity index (χ1v) is 12.1. The Morgan fingerprint density at radius 3 is 2.29 bits per heavy atom. The van der Waals surface area contributed by atoms with E-state index in [1.54, 1.807) is 0 Å². The van der Waals surface area contributed by atoms with Crippen molar-refractivity contribution >= 4 is 21.8 Å². The fourth-order valence-electron chi connectivity index (χ4n) is 4.39. The summed E-state index contributed by atoms with van der Waals surface area (Å²) in [6.45, 7) is 8.07. The molecule has 2 aromatic rings. The molecule has 2 fully saturated rings. The highest BCUT2D eigenvalue weighted by atomic mass is 79.9. The first kappa shape index (κ1) is 22.5. The maximum Gasteiger partial charge on any atom is 0.223 e. The van der Waals surface area contributed by atoms with Crippen LogP contribution in [0.25, 0.3) is 0 Å². The predicted molar refractivity (Wildman–Crippen MR) is 127 cm³/mol. The molecule has 1 N–H and O–H groups in total. The molecule has 31 heavy (non-hydrogen) atoms. The van der Waals surface area contributed by atoms with Crippen LogP contribution in [0, 0.1) is 5.92 Å². The van der Waals surface area contributed by atoms with E-state index in [0.29, 0.717) is 6.54 Å². The summed E-state index contributed by atoms with van der Waals surface area (Å²) in [7, 11) is 0. The number of hydrogen-bond donors (Lipinski definition) is 1. The summed E-state index contributed by atoms with van der Waals surface area (Å²) in [5.41, 5.74) is 3.80. The number of rotatable bonds is 7. The van der Waals surface area contributed by atoms with Gasteiger partial charge in [-0.1, -0.05) is 52.3 Å². The van der Waals surface area contributed by atoms with Crippen molar-refractivity contribution in [1.82, 2.24) is 15.1 Å². The molecule has 0 bridgehead atoms. The van der Waals surface area contributed by atoms with Crippen molar-refractivity contribution in [2.24, 2.45) is 5.92 Å². The van der Waals surface area contributed by atoms with Gasteiger partial charge in [-0.15, -0.1) is 0 Å². The van der Waals surface area contributed by atoms with Crippen LogP contribution < -0.4 is 5.32 Å². The molecule has 2 aliphatic heterocycles. The van der Waals surface area contributed by atoms with E-state index >= 15 is 0 Å². The van der Waals surface area contributed by atoms with E-state index in [4.69, 9.17) is 4.74 Å². The number of morpholine rings is 1. The second kappa shape index (κ2) is 11.2. The number of likely N-dealkylation sites (tertiary alicyclic amines) is 1. The molecule has 0 spiro atoms. The highest BCUT2D eigenvalue weighted by molar-refractivity contribution is 9.10. The lowest BCUT2D eigenvalue weighted by Crippen LogP contribution is -2.40. The van der Waals surface area contributed by atoms with Gasteiger partial charge in [-0.05, 0) is 54.8 Å². The van der Waals surface area contributed by atoms with Gasteiger partial charge in [0.1, 0.15) is 0 Å². The van der Waals surface area contributed by atoms with Crippen molar-refractivity contribution in [3.63, 3.8) is 0 Å². The lowest BCUT2D eigenvalue weighted by molar-refractivity contribution is -0.126.